The molecule has 0 bridgehead atoms. The van der Waals surface area contributed by atoms with E-state index >= 15 is 0 Å². The third-order valence-electron chi connectivity index (χ3n) is 3.84. The molecule has 0 radical (unpaired) electrons. The average Bonchev–Trinajstić information content (AvgIpc) is 2.62. The highest BCUT2D eigenvalue weighted by Gasteiger charge is 2.36. The van der Waals surface area contributed by atoms with E-state index in [-0.39, 0.29) is 23.3 Å². The number of amides is 3. The molecule has 1 aliphatic carbocycles. The second kappa shape index (κ2) is 4.07. The van der Waals surface area contributed by atoms with Crippen LogP contribution in [0.5, 0.6) is 0 Å². The molecule has 3 amide bonds. The topological polar surface area (TPSA) is 49.4 Å². The largest absolute Gasteiger partial charge is 0.324 e. The number of hydrogen-bond donors (Lipinski definition) is 1. The van der Waals surface area contributed by atoms with Crippen LogP contribution in [0.15, 0.2) is 0 Å². The summed E-state index contributed by atoms with van der Waals surface area (Å²) in [5.74, 6) is -0.222. The zero-order valence-corrected chi connectivity index (χ0v) is 10.1. The van der Waals surface area contributed by atoms with Crippen molar-refractivity contribution in [2.45, 2.75) is 39.5 Å². The molecule has 1 saturated heterocycles. The van der Waals surface area contributed by atoms with Gasteiger partial charge in [-0.2, -0.15) is 0 Å². The molecule has 1 saturated carbocycles. The Hall–Kier alpha value is -1.06. The number of rotatable bonds is 2. The number of nitrogens with zero attached hydrogens (tertiary/aromatic N) is 1. The average molecular weight is 224 g/mol. The lowest BCUT2D eigenvalue weighted by Gasteiger charge is -2.36. The summed E-state index contributed by atoms with van der Waals surface area (Å²) >= 11 is 0. The minimum absolute atomic E-state index is 0.0808. The van der Waals surface area contributed by atoms with Gasteiger partial charge < -0.3 is 4.90 Å². The number of hydrogen-bond acceptors (Lipinski definition) is 2. The molecular formula is C12H20N2O2. The molecule has 0 aromatic carbocycles. The predicted octanol–water partition coefficient (Wildman–Crippen LogP) is 1.75. The van der Waals surface area contributed by atoms with E-state index in [9.17, 15) is 9.59 Å². The van der Waals surface area contributed by atoms with Gasteiger partial charge in [-0.25, -0.2) is 4.79 Å². The van der Waals surface area contributed by atoms with Crippen molar-refractivity contribution >= 4 is 11.9 Å². The van der Waals surface area contributed by atoms with Crippen molar-refractivity contribution in [1.29, 1.82) is 0 Å². The Kier molecular flexibility index (Phi) is 2.91. The minimum Gasteiger partial charge on any atom is -0.323 e. The van der Waals surface area contributed by atoms with E-state index in [4.69, 9.17) is 0 Å². The van der Waals surface area contributed by atoms with Gasteiger partial charge in [-0.1, -0.05) is 26.7 Å². The van der Waals surface area contributed by atoms with Crippen molar-refractivity contribution < 1.29 is 9.59 Å². The van der Waals surface area contributed by atoms with Gasteiger partial charge >= 0.3 is 6.03 Å². The zero-order valence-electron chi connectivity index (χ0n) is 10.1. The molecule has 0 aromatic rings. The van der Waals surface area contributed by atoms with Crippen molar-refractivity contribution in [1.82, 2.24) is 10.2 Å². The Bertz CT molecular complexity index is 308. The summed E-state index contributed by atoms with van der Waals surface area (Å²) < 4.78 is 0. The van der Waals surface area contributed by atoms with Crippen LogP contribution < -0.4 is 5.32 Å². The lowest BCUT2D eigenvalue weighted by atomic mass is 9.88. The van der Waals surface area contributed by atoms with Crippen LogP contribution >= 0.6 is 0 Å². The highest BCUT2D eigenvalue weighted by atomic mass is 16.2. The molecule has 0 spiro atoms. The lowest BCUT2D eigenvalue weighted by Crippen LogP contribution is -2.55. The number of carbonyl (C=O) groups is 2. The minimum atomic E-state index is -0.212. The van der Waals surface area contributed by atoms with Gasteiger partial charge in [0.15, 0.2) is 0 Å². The van der Waals surface area contributed by atoms with Crippen LogP contribution in [0.4, 0.5) is 4.79 Å². The van der Waals surface area contributed by atoms with Crippen molar-refractivity contribution in [2.24, 2.45) is 11.3 Å². The smallest absolute Gasteiger partial charge is 0.323 e. The number of carbonyl (C=O) groups excluding carboxylic acids is 2. The van der Waals surface area contributed by atoms with Crippen LogP contribution in [0.2, 0.25) is 0 Å². The molecule has 1 atom stereocenters. The van der Waals surface area contributed by atoms with E-state index in [1.165, 1.54) is 25.7 Å². The third-order valence-corrected chi connectivity index (χ3v) is 3.84. The van der Waals surface area contributed by atoms with E-state index < -0.39 is 0 Å². The van der Waals surface area contributed by atoms with E-state index in [1.807, 2.05) is 6.92 Å². The maximum absolute atomic E-state index is 11.7. The zero-order chi connectivity index (χ0) is 11.8. The molecule has 4 heteroatoms. The van der Waals surface area contributed by atoms with E-state index in [2.05, 4.69) is 12.2 Å². The normalized spacial score (nSPS) is 29.4. The highest BCUT2D eigenvalue weighted by Crippen LogP contribution is 2.38. The standard InChI is InChI=1S/C12H20N2O2/c1-9-7-14(11(16)13-10(9)15)8-12(2)5-3-4-6-12/h9H,3-8H2,1-2H3,(H,13,15,16). The lowest BCUT2D eigenvalue weighted by molar-refractivity contribution is -0.125. The summed E-state index contributed by atoms with van der Waals surface area (Å²) in [6.45, 7) is 5.47. The SMILES string of the molecule is CC1CN(CC2(C)CCCC2)C(=O)NC1=O. The molecule has 16 heavy (non-hydrogen) atoms. The Morgan fingerprint density at radius 2 is 2.00 bits per heavy atom. The molecule has 0 aromatic heterocycles. The maximum Gasteiger partial charge on any atom is 0.324 e. The van der Waals surface area contributed by atoms with Gasteiger partial charge in [0, 0.05) is 13.1 Å². The monoisotopic (exact) mass is 224 g/mol. The van der Waals surface area contributed by atoms with Crippen LogP contribution in [-0.4, -0.2) is 29.9 Å². The highest BCUT2D eigenvalue weighted by molar-refractivity contribution is 5.97. The van der Waals surface area contributed by atoms with Crippen LogP contribution in [-0.2, 0) is 4.79 Å². The molecule has 1 unspecified atom stereocenters. The van der Waals surface area contributed by atoms with Crippen molar-refractivity contribution in [3.63, 3.8) is 0 Å². The molecule has 2 fully saturated rings. The first-order valence-corrected chi connectivity index (χ1v) is 6.10. The summed E-state index contributed by atoms with van der Waals surface area (Å²) in [6.07, 6.45) is 4.92. The van der Waals surface area contributed by atoms with Gasteiger partial charge in [-0.3, -0.25) is 10.1 Å². The van der Waals surface area contributed by atoms with Crippen LogP contribution in [0.1, 0.15) is 39.5 Å². The molecule has 1 aliphatic heterocycles. The molecular weight excluding hydrogens is 204 g/mol. The van der Waals surface area contributed by atoms with Crippen molar-refractivity contribution in [2.75, 3.05) is 13.1 Å². The summed E-state index contributed by atoms with van der Waals surface area (Å²) in [4.78, 5) is 24.8. The van der Waals surface area contributed by atoms with Crippen LogP contribution in [0.25, 0.3) is 0 Å². The maximum atomic E-state index is 11.7. The number of nitrogens with one attached hydrogen (secondary N) is 1. The van der Waals surface area contributed by atoms with Gasteiger partial charge in [-0.15, -0.1) is 0 Å². The van der Waals surface area contributed by atoms with E-state index in [0.29, 0.717) is 6.54 Å². The van der Waals surface area contributed by atoms with Gasteiger partial charge in [0.2, 0.25) is 5.91 Å². The second-order valence-electron chi connectivity index (χ2n) is 5.59. The Morgan fingerprint density at radius 3 is 2.62 bits per heavy atom. The first-order chi connectivity index (χ1) is 7.50. The van der Waals surface area contributed by atoms with Gasteiger partial charge in [0.1, 0.15) is 0 Å². The van der Waals surface area contributed by atoms with Crippen molar-refractivity contribution in [3.05, 3.63) is 0 Å². The first kappa shape index (κ1) is 11.4. The molecule has 1 heterocycles. The van der Waals surface area contributed by atoms with Gasteiger partial charge in [0.05, 0.1) is 5.92 Å². The summed E-state index contributed by atoms with van der Waals surface area (Å²) in [7, 11) is 0. The Balaban J connectivity index is 1.99. The molecule has 2 aliphatic rings. The summed E-state index contributed by atoms with van der Waals surface area (Å²) in [6, 6.07) is -0.212. The van der Waals surface area contributed by atoms with Crippen molar-refractivity contribution in [3.8, 4) is 0 Å². The predicted molar refractivity (Wildman–Crippen MR) is 60.9 cm³/mol. The molecule has 90 valence electrons. The fraction of sp³-hybridized carbons (Fsp3) is 0.833. The molecule has 1 N–H and O–H groups in total. The Labute approximate surface area is 96.4 Å². The first-order valence-electron chi connectivity index (χ1n) is 6.10. The fourth-order valence-electron chi connectivity index (χ4n) is 2.79. The summed E-state index contributed by atoms with van der Waals surface area (Å²) in [5.41, 5.74) is 0.261. The number of urea groups is 1. The quantitative estimate of drug-likeness (QED) is 0.777. The van der Waals surface area contributed by atoms with Gasteiger partial charge in [0.25, 0.3) is 0 Å². The van der Waals surface area contributed by atoms with Crippen LogP contribution in [0, 0.1) is 11.3 Å². The van der Waals surface area contributed by atoms with Gasteiger partial charge in [-0.05, 0) is 18.3 Å². The fourth-order valence-corrected chi connectivity index (χ4v) is 2.79. The van der Waals surface area contributed by atoms with E-state index in [1.54, 1.807) is 4.90 Å². The third kappa shape index (κ3) is 2.20. The van der Waals surface area contributed by atoms with Crippen LogP contribution in [0.3, 0.4) is 0 Å². The number of imide groups is 1. The molecule has 4 nitrogen and oxygen atoms in total. The second-order valence-corrected chi connectivity index (χ2v) is 5.59. The summed E-state index contributed by atoms with van der Waals surface area (Å²) in [5, 5.41) is 2.42. The molecule has 2 rings (SSSR count). The Morgan fingerprint density at radius 1 is 1.38 bits per heavy atom. The van der Waals surface area contributed by atoms with E-state index in [0.717, 1.165) is 6.54 Å².